The summed E-state index contributed by atoms with van der Waals surface area (Å²) in [6.07, 6.45) is 4.88. The van der Waals surface area contributed by atoms with Crippen LogP contribution in [0.1, 0.15) is 85.2 Å². The first-order valence-corrected chi connectivity index (χ1v) is 9.09. The summed E-state index contributed by atoms with van der Waals surface area (Å²) in [6, 6.07) is 3.43. The lowest BCUT2D eigenvalue weighted by atomic mass is 9.90. The van der Waals surface area contributed by atoms with E-state index in [0.29, 0.717) is 24.3 Å². The van der Waals surface area contributed by atoms with Gasteiger partial charge in [-0.1, -0.05) is 40.5 Å². The summed E-state index contributed by atoms with van der Waals surface area (Å²) in [5.41, 5.74) is 3.04. The lowest BCUT2D eigenvalue weighted by Crippen LogP contribution is -2.16. The third-order valence-electron chi connectivity index (χ3n) is 3.75. The van der Waals surface area contributed by atoms with Gasteiger partial charge in [-0.05, 0) is 48.9 Å². The Morgan fingerprint density at radius 2 is 1.08 bits per heavy atom. The summed E-state index contributed by atoms with van der Waals surface area (Å²) in [5.74, 6) is -0.600. The molecule has 0 radical (unpaired) electrons. The molecule has 0 aromatic heterocycles. The fourth-order valence-electron chi connectivity index (χ4n) is 2.69. The molecular formula is C20H30O4. The predicted octanol–water partition coefficient (Wildman–Crippen LogP) is 4.73. The molecule has 0 fully saturated rings. The molecule has 0 heterocycles. The van der Waals surface area contributed by atoms with Crippen LogP contribution in [0.5, 0.6) is 0 Å². The van der Waals surface area contributed by atoms with Crippen molar-refractivity contribution in [1.82, 2.24) is 0 Å². The van der Waals surface area contributed by atoms with Gasteiger partial charge in [0.25, 0.3) is 0 Å². The fourth-order valence-corrected chi connectivity index (χ4v) is 2.69. The van der Waals surface area contributed by atoms with E-state index in [4.69, 9.17) is 9.47 Å². The van der Waals surface area contributed by atoms with Gasteiger partial charge in [0.15, 0.2) is 0 Å². The van der Waals surface area contributed by atoms with Crippen molar-refractivity contribution < 1.29 is 19.1 Å². The minimum absolute atomic E-state index is 0.300. The van der Waals surface area contributed by atoms with E-state index < -0.39 is 0 Å². The van der Waals surface area contributed by atoms with Crippen LogP contribution in [-0.2, 0) is 22.3 Å². The van der Waals surface area contributed by atoms with Crippen molar-refractivity contribution in [3.05, 3.63) is 34.4 Å². The van der Waals surface area contributed by atoms with E-state index in [2.05, 4.69) is 13.8 Å². The molecule has 0 aliphatic rings. The van der Waals surface area contributed by atoms with Crippen LogP contribution >= 0.6 is 0 Å². The second kappa shape index (κ2) is 10.8. The summed E-state index contributed by atoms with van der Waals surface area (Å²) in [7, 11) is 0. The Kier molecular flexibility index (Phi) is 9.13. The normalized spacial score (nSPS) is 10.5. The van der Waals surface area contributed by atoms with E-state index in [1.54, 1.807) is 12.1 Å². The van der Waals surface area contributed by atoms with Gasteiger partial charge in [-0.25, -0.2) is 9.59 Å². The van der Waals surface area contributed by atoms with Crippen LogP contribution < -0.4 is 0 Å². The molecule has 1 aromatic carbocycles. The molecule has 0 saturated heterocycles. The maximum Gasteiger partial charge on any atom is 0.338 e. The van der Waals surface area contributed by atoms with Crippen LogP contribution in [0.4, 0.5) is 0 Å². The summed E-state index contributed by atoms with van der Waals surface area (Å²) >= 11 is 0. The summed E-state index contributed by atoms with van der Waals surface area (Å²) < 4.78 is 10.6. The summed E-state index contributed by atoms with van der Waals surface area (Å²) in [5, 5.41) is 0. The number of carbonyl (C=O) groups is 2. The van der Waals surface area contributed by atoms with Gasteiger partial charge in [-0.15, -0.1) is 0 Å². The molecule has 0 N–H and O–H groups in total. The number of benzene rings is 1. The van der Waals surface area contributed by atoms with E-state index in [9.17, 15) is 9.59 Å². The molecule has 24 heavy (non-hydrogen) atoms. The van der Waals surface area contributed by atoms with Crippen LogP contribution in [0.25, 0.3) is 0 Å². The number of hydrogen-bond acceptors (Lipinski definition) is 4. The second-order valence-corrected chi connectivity index (χ2v) is 5.89. The van der Waals surface area contributed by atoms with Gasteiger partial charge in [0, 0.05) is 0 Å². The van der Waals surface area contributed by atoms with Gasteiger partial charge in [-0.2, -0.15) is 0 Å². The molecule has 1 rings (SSSR count). The Labute approximate surface area is 145 Å². The SMILES string of the molecule is CCCOC(=O)c1ccc(C(=O)OCCC)c(CCC)c1CCC. The van der Waals surface area contributed by atoms with Crippen molar-refractivity contribution in [3.8, 4) is 0 Å². The number of hydrogen-bond donors (Lipinski definition) is 0. The number of carbonyl (C=O) groups excluding carboxylic acids is 2. The molecule has 4 heteroatoms. The maximum absolute atomic E-state index is 12.4. The molecule has 0 amide bonds. The molecule has 0 spiro atoms. The van der Waals surface area contributed by atoms with Crippen molar-refractivity contribution >= 4 is 11.9 Å². The van der Waals surface area contributed by atoms with Crippen molar-refractivity contribution in [2.45, 2.75) is 66.2 Å². The van der Waals surface area contributed by atoms with Gasteiger partial charge in [0.05, 0.1) is 24.3 Å². The highest BCUT2D eigenvalue weighted by molar-refractivity contribution is 5.96. The first-order valence-electron chi connectivity index (χ1n) is 9.09. The largest absolute Gasteiger partial charge is 0.462 e. The monoisotopic (exact) mass is 334 g/mol. The quantitative estimate of drug-likeness (QED) is 0.581. The van der Waals surface area contributed by atoms with Crippen LogP contribution in [0.15, 0.2) is 12.1 Å². The Morgan fingerprint density at radius 1 is 0.708 bits per heavy atom. The Bertz CT molecular complexity index is 500. The number of esters is 2. The molecular weight excluding hydrogens is 304 g/mol. The zero-order valence-electron chi connectivity index (χ0n) is 15.4. The molecule has 134 valence electrons. The van der Waals surface area contributed by atoms with E-state index in [0.717, 1.165) is 49.7 Å². The van der Waals surface area contributed by atoms with Crippen molar-refractivity contribution in [2.24, 2.45) is 0 Å². The van der Waals surface area contributed by atoms with E-state index in [-0.39, 0.29) is 11.9 Å². The van der Waals surface area contributed by atoms with Gasteiger partial charge in [0.2, 0.25) is 0 Å². The van der Waals surface area contributed by atoms with Crippen LogP contribution in [0, 0.1) is 0 Å². The molecule has 4 nitrogen and oxygen atoms in total. The Morgan fingerprint density at radius 3 is 1.38 bits per heavy atom. The van der Waals surface area contributed by atoms with E-state index in [1.165, 1.54) is 0 Å². The van der Waals surface area contributed by atoms with Gasteiger partial charge < -0.3 is 9.47 Å². The number of rotatable bonds is 10. The molecule has 0 aliphatic heterocycles. The van der Waals surface area contributed by atoms with Crippen LogP contribution in [-0.4, -0.2) is 25.2 Å². The highest BCUT2D eigenvalue weighted by atomic mass is 16.5. The van der Waals surface area contributed by atoms with E-state index in [1.807, 2.05) is 13.8 Å². The predicted molar refractivity (Wildman–Crippen MR) is 95.6 cm³/mol. The average molecular weight is 334 g/mol. The zero-order chi connectivity index (χ0) is 17.9. The van der Waals surface area contributed by atoms with Gasteiger partial charge >= 0.3 is 11.9 Å². The standard InChI is InChI=1S/C20H30O4/c1-5-9-15-16(10-6-2)18(20(22)24-14-8-4)12-11-17(15)19(21)23-13-7-3/h11-12H,5-10,13-14H2,1-4H3. The van der Waals surface area contributed by atoms with E-state index >= 15 is 0 Å². The first kappa shape index (κ1) is 20.2. The fraction of sp³-hybridized carbons (Fsp3) is 0.600. The Hall–Kier alpha value is -1.84. The average Bonchev–Trinajstić information content (AvgIpc) is 2.59. The third-order valence-corrected chi connectivity index (χ3v) is 3.75. The zero-order valence-corrected chi connectivity index (χ0v) is 15.4. The van der Waals surface area contributed by atoms with Gasteiger partial charge in [0.1, 0.15) is 0 Å². The molecule has 0 aliphatic carbocycles. The minimum Gasteiger partial charge on any atom is -0.462 e. The summed E-state index contributed by atoms with van der Waals surface area (Å²) in [6.45, 7) is 8.89. The minimum atomic E-state index is -0.300. The van der Waals surface area contributed by atoms with Crippen molar-refractivity contribution in [2.75, 3.05) is 13.2 Å². The highest BCUT2D eigenvalue weighted by Crippen LogP contribution is 2.25. The van der Waals surface area contributed by atoms with Crippen LogP contribution in [0.3, 0.4) is 0 Å². The van der Waals surface area contributed by atoms with Gasteiger partial charge in [-0.3, -0.25) is 0 Å². The van der Waals surface area contributed by atoms with Crippen molar-refractivity contribution in [3.63, 3.8) is 0 Å². The topological polar surface area (TPSA) is 52.6 Å². The maximum atomic E-state index is 12.4. The lowest BCUT2D eigenvalue weighted by molar-refractivity contribution is 0.0488. The highest BCUT2D eigenvalue weighted by Gasteiger charge is 2.22. The molecule has 0 saturated carbocycles. The third kappa shape index (κ3) is 5.36. The van der Waals surface area contributed by atoms with Crippen LogP contribution in [0.2, 0.25) is 0 Å². The Balaban J connectivity index is 3.30. The van der Waals surface area contributed by atoms with Crippen molar-refractivity contribution in [1.29, 1.82) is 0 Å². The lowest BCUT2D eigenvalue weighted by Gasteiger charge is -2.17. The first-order chi connectivity index (χ1) is 11.6. The second-order valence-electron chi connectivity index (χ2n) is 5.89. The molecule has 0 unspecified atom stereocenters. The smallest absolute Gasteiger partial charge is 0.338 e. The number of ether oxygens (including phenoxy) is 2. The molecule has 0 bridgehead atoms. The molecule has 0 atom stereocenters. The molecule has 1 aromatic rings. The summed E-state index contributed by atoms with van der Waals surface area (Å²) in [4.78, 5) is 24.7.